The van der Waals surface area contributed by atoms with Crippen molar-refractivity contribution in [3.63, 3.8) is 0 Å². The summed E-state index contributed by atoms with van der Waals surface area (Å²) >= 11 is 9.43. The van der Waals surface area contributed by atoms with E-state index >= 15 is 0 Å². The molecular weight excluding hydrogens is 402 g/mol. The fraction of sp³-hybridized carbons (Fsp3) is 0. The van der Waals surface area contributed by atoms with Crippen molar-refractivity contribution >= 4 is 44.9 Å². The Labute approximate surface area is 158 Å². The molecule has 1 amide bonds. The standard InChI is InChI=1S/C20H13BrClNO2/c21-14-10-11-17(22)16(12-14)20(25)23-18-9-5-4-8-15(18)19(24)13-6-2-1-3-7-13/h1-12H,(H,23,25). The van der Waals surface area contributed by atoms with Gasteiger partial charge < -0.3 is 5.32 Å². The molecule has 0 saturated carbocycles. The maximum absolute atomic E-state index is 12.7. The zero-order chi connectivity index (χ0) is 17.8. The molecule has 0 unspecified atom stereocenters. The summed E-state index contributed by atoms with van der Waals surface area (Å²) in [5.74, 6) is -0.531. The van der Waals surface area contributed by atoms with Crippen LogP contribution in [-0.2, 0) is 0 Å². The average Bonchev–Trinajstić information content (AvgIpc) is 2.64. The van der Waals surface area contributed by atoms with Crippen LogP contribution in [0.3, 0.4) is 0 Å². The van der Waals surface area contributed by atoms with Crippen molar-refractivity contribution in [1.29, 1.82) is 0 Å². The predicted molar refractivity (Wildman–Crippen MR) is 103 cm³/mol. The molecule has 0 aliphatic carbocycles. The van der Waals surface area contributed by atoms with Gasteiger partial charge in [0.15, 0.2) is 5.78 Å². The molecule has 0 saturated heterocycles. The van der Waals surface area contributed by atoms with E-state index in [0.717, 1.165) is 4.47 Å². The number of ketones is 1. The highest BCUT2D eigenvalue weighted by Crippen LogP contribution is 2.24. The van der Waals surface area contributed by atoms with Gasteiger partial charge in [-0.15, -0.1) is 0 Å². The Morgan fingerprint density at radius 3 is 2.28 bits per heavy atom. The van der Waals surface area contributed by atoms with E-state index in [1.54, 1.807) is 66.7 Å². The van der Waals surface area contributed by atoms with Gasteiger partial charge in [-0.2, -0.15) is 0 Å². The molecule has 5 heteroatoms. The van der Waals surface area contributed by atoms with Gasteiger partial charge in [0.1, 0.15) is 0 Å². The van der Waals surface area contributed by atoms with Gasteiger partial charge in [0.25, 0.3) is 5.91 Å². The summed E-state index contributed by atoms with van der Waals surface area (Å²) < 4.78 is 0.746. The highest BCUT2D eigenvalue weighted by Gasteiger charge is 2.17. The number of rotatable bonds is 4. The van der Waals surface area contributed by atoms with Crippen LogP contribution in [0, 0.1) is 0 Å². The molecule has 124 valence electrons. The van der Waals surface area contributed by atoms with E-state index in [1.165, 1.54) is 0 Å². The van der Waals surface area contributed by atoms with Crippen LogP contribution in [0.4, 0.5) is 5.69 Å². The van der Waals surface area contributed by atoms with Crippen LogP contribution < -0.4 is 5.32 Å². The van der Waals surface area contributed by atoms with E-state index in [4.69, 9.17) is 11.6 Å². The first kappa shape index (κ1) is 17.4. The molecule has 3 rings (SSSR count). The van der Waals surface area contributed by atoms with Crippen LogP contribution in [0.2, 0.25) is 5.02 Å². The molecule has 0 radical (unpaired) electrons. The molecule has 0 spiro atoms. The maximum atomic E-state index is 12.7. The summed E-state index contributed by atoms with van der Waals surface area (Å²) in [5, 5.41) is 3.12. The maximum Gasteiger partial charge on any atom is 0.257 e. The second-order valence-electron chi connectivity index (χ2n) is 5.32. The van der Waals surface area contributed by atoms with Crippen molar-refractivity contribution in [1.82, 2.24) is 0 Å². The molecular formula is C20H13BrClNO2. The van der Waals surface area contributed by atoms with Gasteiger partial charge in [0.05, 0.1) is 16.3 Å². The Bertz CT molecular complexity index is 941. The van der Waals surface area contributed by atoms with Gasteiger partial charge in [-0.05, 0) is 30.3 Å². The van der Waals surface area contributed by atoms with E-state index in [2.05, 4.69) is 21.2 Å². The number of amides is 1. The normalized spacial score (nSPS) is 10.3. The van der Waals surface area contributed by atoms with Crippen LogP contribution in [0.15, 0.2) is 77.3 Å². The van der Waals surface area contributed by atoms with Gasteiger partial charge in [-0.3, -0.25) is 9.59 Å². The first-order valence-electron chi connectivity index (χ1n) is 7.51. The van der Waals surface area contributed by atoms with Crippen molar-refractivity contribution in [3.8, 4) is 0 Å². The Morgan fingerprint density at radius 2 is 1.52 bits per heavy atom. The lowest BCUT2D eigenvalue weighted by Crippen LogP contribution is -2.15. The molecule has 3 aromatic carbocycles. The second kappa shape index (κ2) is 7.64. The van der Waals surface area contributed by atoms with Gasteiger partial charge in [-0.25, -0.2) is 0 Å². The van der Waals surface area contributed by atoms with E-state index in [9.17, 15) is 9.59 Å². The third kappa shape index (κ3) is 3.98. The number of anilines is 1. The van der Waals surface area contributed by atoms with Gasteiger partial charge in [-0.1, -0.05) is 70.0 Å². The molecule has 0 bridgehead atoms. The third-order valence-electron chi connectivity index (χ3n) is 3.63. The fourth-order valence-electron chi connectivity index (χ4n) is 2.40. The number of halogens is 2. The minimum absolute atomic E-state index is 0.156. The fourth-order valence-corrected chi connectivity index (χ4v) is 2.96. The number of para-hydroxylation sites is 1. The Morgan fingerprint density at radius 1 is 0.840 bits per heavy atom. The number of benzene rings is 3. The average molecular weight is 415 g/mol. The molecule has 0 heterocycles. The molecule has 1 N–H and O–H groups in total. The third-order valence-corrected chi connectivity index (χ3v) is 4.45. The molecule has 3 aromatic rings. The van der Waals surface area contributed by atoms with Crippen molar-refractivity contribution < 1.29 is 9.59 Å². The molecule has 0 fully saturated rings. The SMILES string of the molecule is O=C(Nc1ccccc1C(=O)c1ccccc1)c1cc(Br)ccc1Cl. The predicted octanol–water partition coefficient (Wildman–Crippen LogP) is 5.59. The van der Waals surface area contributed by atoms with Crippen molar-refractivity contribution in [2.45, 2.75) is 0 Å². The number of carbonyl (C=O) groups excluding carboxylic acids is 2. The highest BCUT2D eigenvalue weighted by molar-refractivity contribution is 9.10. The Hall–Kier alpha value is -2.43. The smallest absolute Gasteiger partial charge is 0.257 e. The lowest BCUT2D eigenvalue weighted by molar-refractivity contribution is 0.102. The van der Waals surface area contributed by atoms with Gasteiger partial charge >= 0.3 is 0 Å². The van der Waals surface area contributed by atoms with Crippen LogP contribution in [0.1, 0.15) is 26.3 Å². The molecule has 0 atom stereocenters. The summed E-state index contributed by atoms with van der Waals surface area (Å²) in [7, 11) is 0. The zero-order valence-electron chi connectivity index (χ0n) is 13.0. The highest BCUT2D eigenvalue weighted by atomic mass is 79.9. The number of carbonyl (C=O) groups is 2. The van der Waals surface area contributed by atoms with E-state index in [0.29, 0.717) is 27.4 Å². The molecule has 0 aliphatic heterocycles. The van der Waals surface area contributed by atoms with Crippen LogP contribution >= 0.6 is 27.5 Å². The monoisotopic (exact) mass is 413 g/mol. The van der Waals surface area contributed by atoms with Crippen LogP contribution in [0.25, 0.3) is 0 Å². The number of hydrogen-bond donors (Lipinski definition) is 1. The molecule has 25 heavy (non-hydrogen) atoms. The quantitative estimate of drug-likeness (QED) is 0.566. The van der Waals surface area contributed by atoms with E-state index in [-0.39, 0.29) is 11.7 Å². The molecule has 0 aromatic heterocycles. The van der Waals surface area contributed by atoms with Gasteiger partial charge in [0.2, 0.25) is 0 Å². The van der Waals surface area contributed by atoms with Gasteiger partial charge in [0, 0.05) is 15.6 Å². The Kier molecular flexibility index (Phi) is 5.31. The van der Waals surface area contributed by atoms with E-state index < -0.39 is 0 Å². The van der Waals surface area contributed by atoms with E-state index in [1.807, 2.05) is 6.07 Å². The minimum Gasteiger partial charge on any atom is -0.321 e. The minimum atomic E-state index is -0.375. The topological polar surface area (TPSA) is 46.2 Å². The lowest BCUT2D eigenvalue weighted by Gasteiger charge is -2.11. The van der Waals surface area contributed by atoms with Crippen LogP contribution in [0.5, 0.6) is 0 Å². The summed E-state index contributed by atoms with van der Waals surface area (Å²) in [6.07, 6.45) is 0. The molecule has 3 nitrogen and oxygen atoms in total. The first-order chi connectivity index (χ1) is 12.1. The summed E-state index contributed by atoms with van der Waals surface area (Å²) in [5.41, 5.74) is 1.76. The first-order valence-corrected chi connectivity index (χ1v) is 8.68. The second-order valence-corrected chi connectivity index (χ2v) is 6.64. The largest absolute Gasteiger partial charge is 0.321 e. The zero-order valence-corrected chi connectivity index (χ0v) is 15.3. The van der Waals surface area contributed by atoms with Crippen molar-refractivity contribution in [2.75, 3.05) is 5.32 Å². The summed E-state index contributed by atoms with van der Waals surface area (Å²) in [6, 6.07) is 20.9. The molecule has 0 aliphatic rings. The number of hydrogen-bond acceptors (Lipinski definition) is 2. The van der Waals surface area contributed by atoms with Crippen molar-refractivity contribution in [2.24, 2.45) is 0 Å². The lowest BCUT2D eigenvalue weighted by atomic mass is 10.0. The number of nitrogens with one attached hydrogen (secondary N) is 1. The summed E-state index contributed by atoms with van der Waals surface area (Å²) in [4.78, 5) is 25.3. The van der Waals surface area contributed by atoms with Crippen LogP contribution in [-0.4, -0.2) is 11.7 Å². The Balaban J connectivity index is 1.93. The summed E-state index contributed by atoms with van der Waals surface area (Å²) in [6.45, 7) is 0. The van der Waals surface area contributed by atoms with Crippen molar-refractivity contribution in [3.05, 3.63) is 99.0 Å².